The standard InChI is InChI=1S/2C16H16N4O3.2ClH/c2*1-11(21)18-9-14-10-20(16(22)23-14)15-3-2-13(8-19-15)12-4-6-17-7-5-12;;/h2*2-8,14H,9-10H2,1H3,(H,18,21);2*1H/t2*14-;;/m00../s1. The predicted molar refractivity (Wildman–Crippen MR) is 182 cm³/mol. The first-order chi connectivity index (χ1) is 22.3. The summed E-state index contributed by atoms with van der Waals surface area (Å²) in [7, 11) is 0. The monoisotopic (exact) mass is 696 g/mol. The Kier molecular flexibility index (Phi) is 13.6. The number of pyridine rings is 4. The van der Waals surface area contributed by atoms with Crippen molar-refractivity contribution in [1.82, 2.24) is 30.6 Å². The van der Waals surface area contributed by atoms with E-state index in [0.717, 1.165) is 22.3 Å². The lowest BCUT2D eigenvalue weighted by molar-refractivity contribution is -0.120. The van der Waals surface area contributed by atoms with E-state index in [9.17, 15) is 19.2 Å². The normalized spacial score (nSPS) is 16.3. The Morgan fingerprint density at radius 2 is 1.02 bits per heavy atom. The molecule has 0 radical (unpaired) electrons. The average Bonchev–Trinajstić information content (AvgIpc) is 3.65. The molecular formula is C32H34Cl2N8O6. The second kappa shape index (κ2) is 17.5. The van der Waals surface area contributed by atoms with Crippen LogP contribution in [-0.2, 0) is 19.1 Å². The van der Waals surface area contributed by atoms with Crippen LogP contribution >= 0.6 is 24.8 Å². The van der Waals surface area contributed by atoms with Crippen LogP contribution in [0.2, 0.25) is 0 Å². The van der Waals surface area contributed by atoms with Crippen LogP contribution in [0, 0.1) is 0 Å². The molecule has 0 saturated carbocycles. The molecule has 4 amide bonds. The summed E-state index contributed by atoms with van der Waals surface area (Å²) in [5, 5.41) is 5.28. The number of hydrogen-bond acceptors (Lipinski definition) is 10. The number of anilines is 2. The maximum atomic E-state index is 11.9. The summed E-state index contributed by atoms with van der Waals surface area (Å²) >= 11 is 0. The molecule has 2 N–H and O–H groups in total. The Bertz CT molecular complexity index is 1540. The molecule has 0 spiro atoms. The van der Waals surface area contributed by atoms with Gasteiger partial charge in [0.05, 0.1) is 26.2 Å². The molecule has 2 atom stereocenters. The molecular weight excluding hydrogens is 663 g/mol. The molecule has 48 heavy (non-hydrogen) atoms. The Hall–Kier alpha value is -5.34. The largest absolute Gasteiger partial charge is 0.442 e. The molecule has 2 fully saturated rings. The molecule has 0 bridgehead atoms. The van der Waals surface area contributed by atoms with Gasteiger partial charge in [0.15, 0.2) is 0 Å². The highest BCUT2D eigenvalue weighted by Crippen LogP contribution is 2.25. The number of rotatable bonds is 8. The topological polar surface area (TPSA) is 169 Å². The van der Waals surface area contributed by atoms with Crippen molar-refractivity contribution >= 4 is 60.5 Å². The molecule has 2 aliphatic heterocycles. The van der Waals surface area contributed by atoms with Gasteiger partial charge in [-0.1, -0.05) is 0 Å². The molecule has 4 aromatic heterocycles. The van der Waals surface area contributed by atoms with Gasteiger partial charge in [-0.05, 0) is 59.7 Å². The van der Waals surface area contributed by atoms with E-state index in [4.69, 9.17) is 9.47 Å². The summed E-state index contributed by atoms with van der Waals surface area (Å²) in [5.41, 5.74) is 3.90. The molecule has 0 aliphatic carbocycles. The fourth-order valence-corrected chi connectivity index (χ4v) is 4.67. The van der Waals surface area contributed by atoms with Gasteiger partial charge < -0.3 is 20.1 Å². The maximum Gasteiger partial charge on any atom is 0.416 e. The van der Waals surface area contributed by atoms with Crippen molar-refractivity contribution in [2.45, 2.75) is 26.1 Å². The van der Waals surface area contributed by atoms with E-state index >= 15 is 0 Å². The number of hydrogen-bond donors (Lipinski definition) is 2. The van der Waals surface area contributed by atoms with Crippen molar-refractivity contribution in [3.63, 3.8) is 0 Å². The van der Waals surface area contributed by atoms with E-state index in [-0.39, 0.29) is 48.8 Å². The van der Waals surface area contributed by atoms with Crippen LogP contribution in [0.5, 0.6) is 0 Å². The van der Waals surface area contributed by atoms with Gasteiger partial charge in [0.25, 0.3) is 0 Å². The molecule has 16 heteroatoms. The van der Waals surface area contributed by atoms with E-state index in [2.05, 4.69) is 30.6 Å². The zero-order chi connectivity index (χ0) is 32.5. The maximum absolute atomic E-state index is 11.9. The summed E-state index contributed by atoms with van der Waals surface area (Å²) in [6.07, 6.45) is 8.64. The Morgan fingerprint density at radius 3 is 1.33 bits per heavy atom. The SMILES string of the molecule is CC(=O)NC[C@H]1CN(c2ccc(-c3ccncc3)cn2)C(=O)O1.CC(=O)NC[C@H]1CN(c2ccc(-c3ccncc3)cn2)C(=O)O1.Cl.Cl. The molecule has 2 aliphatic rings. The Balaban J connectivity index is 0.000000250. The van der Waals surface area contributed by atoms with Gasteiger partial charge in [0.2, 0.25) is 11.8 Å². The quantitative estimate of drug-likeness (QED) is 0.274. The number of carbonyl (C=O) groups excluding carboxylic acids is 4. The minimum Gasteiger partial charge on any atom is -0.442 e. The lowest BCUT2D eigenvalue weighted by atomic mass is 10.1. The van der Waals surface area contributed by atoms with Crippen LogP contribution in [0.15, 0.2) is 85.7 Å². The fourth-order valence-electron chi connectivity index (χ4n) is 4.67. The second-order valence-corrected chi connectivity index (χ2v) is 10.4. The first kappa shape index (κ1) is 37.1. The van der Waals surface area contributed by atoms with E-state index in [0.29, 0.717) is 37.8 Å². The summed E-state index contributed by atoms with van der Waals surface area (Å²) in [6, 6.07) is 14.9. The van der Waals surface area contributed by atoms with Gasteiger partial charge >= 0.3 is 12.2 Å². The van der Waals surface area contributed by atoms with Crippen molar-refractivity contribution < 1.29 is 28.7 Å². The first-order valence-corrected chi connectivity index (χ1v) is 14.4. The molecule has 14 nitrogen and oxygen atoms in total. The Labute approximate surface area is 289 Å². The number of nitrogens with one attached hydrogen (secondary N) is 2. The van der Waals surface area contributed by atoms with Crippen LogP contribution in [0.3, 0.4) is 0 Å². The van der Waals surface area contributed by atoms with Crippen LogP contribution in [0.4, 0.5) is 21.2 Å². The van der Waals surface area contributed by atoms with Crippen molar-refractivity contribution in [3.05, 3.63) is 85.7 Å². The number of aromatic nitrogens is 4. The third-order valence-corrected chi connectivity index (χ3v) is 6.98. The number of halogens is 2. The van der Waals surface area contributed by atoms with Gasteiger partial charge in [0.1, 0.15) is 23.8 Å². The molecule has 252 valence electrons. The van der Waals surface area contributed by atoms with E-state index < -0.39 is 12.2 Å². The molecule has 0 aromatic carbocycles. The van der Waals surface area contributed by atoms with Crippen LogP contribution < -0.4 is 20.4 Å². The van der Waals surface area contributed by atoms with E-state index in [1.807, 2.05) is 36.4 Å². The second-order valence-electron chi connectivity index (χ2n) is 10.4. The first-order valence-electron chi connectivity index (χ1n) is 14.4. The van der Waals surface area contributed by atoms with Gasteiger partial charge in [-0.15, -0.1) is 24.8 Å². The van der Waals surface area contributed by atoms with Gasteiger partial charge in [-0.25, -0.2) is 19.6 Å². The molecule has 4 aromatic rings. The van der Waals surface area contributed by atoms with Crippen LogP contribution in [0.1, 0.15) is 13.8 Å². The molecule has 6 heterocycles. The predicted octanol–water partition coefficient (Wildman–Crippen LogP) is 4.05. The third kappa shape index (κ3) is 9.83. The highest BCUT2D eigenvalue weighted by atomic mass is 35.5. The number of carbonyl (C=O) groups is 4. The fraction of sp³-hybridized carbons (Fsp3) is 0.250. The molecule has 6 rings (SSSR count). The summed E-state index contributed by atoms with van der Waals surface area (Å²) < 4.78 is 10.4. The minimum absolute atomic E-state index is 0. The van der Waals surface area contributed by atoms with Crippen molar-refractivity contribution in [2.24, 2.45) is 0 Å². The number of cyclic esters (lactones) is 2. The third-order valence-electron chi connectivity index (χ3n) is 6.98. The smallest absolute Gasteiger partial charge is 0.416 e. The van der Waals surface area contributed by atoms with Gasteiger partial charge in [-0.2, -0.15) is 0 Å². The zero-order valence-corrected chi connectivity index (χ0v) is 27.6. The minimum atomic E-state index is -0.454. The van der Waals surface area contributed by atoms with Gasteiger partial charge in [-0.3, -0.25) is 29.4 Å². The van der Waals surface area contributed by atoms with Crippen LogP contribution in [0.25, 0.3) is 22.3 Å². The van der Waals surface area contributed by atoms with E-state index in [1.54, 1.807) is 49.3 Å². The molecule has 2 saturated heterocycles. The van der Waals surface area contributed by atoms with Crippen molar-refractivity contribution in [3.8, 4) is 22.3 Å². The summed E-state index contributed by atoms with van der Waals surface area (Å²) in [5.74, 6) is 0.745. The average molecular weight is 698 g/mol. The Morgan fingerprint density at radius 1 is 0.646 bits per heavy atom. The summed E-state index contributed by atoms with van der Waals surface area (Å²) in [6.45, 7) is 4.17. The van der Waals surface area contributed by atoms with Crippen molar-refractivity contribution in [2.75, 3.05) is 36.0 Å². The van der Waals surface area contributed by atoms with Gasteiger partial charge in [0, 0.05) is 62.2 Å². The number of nitrogens with zero attached hydrogens (tertiary/aromatic N) is 6. The van der Waals surface area contributed by atoms with Crippen molar-refractivity contribution in [1.29, 1.82) is 0 Å². The lowest BCUT2D eigenvalue weighted by Crippen LogP contribution is -2.33. The number of ether oxygens (including phenoxy) is 2. The highest BCUT2D eigenvalue weighted by Gasteiger charge is 2.34. The van der Waals surface area contributed by atoms with E-state index in [1.165, 1.54) is 23.6 Å². The van der Waals surface area contributed by atoms with Crippen LogP contribution in [-0.4, -0.2) is 82.3 Å². The number of amides is 4. The highest BCUT2D eigenvalue weighted by molar-refractivity contribution is 5.89. The summed E-state index contributed by atoms with van der Waals surface area (Å²) in [4.78, 5) is 65.3. The zero-order valence-electron chi connectivity index (χ0n) is 26.0. The molecule has 0 unspecified atom stereocenters. The lowest BCUT2D eigenvalue weighted by Gasteiger charge is -2.12.